The molecule has 6 heteroatoms. The van der Waals surface area contributed by atoms with Gasteiger partial charge in [-0.25, -0.2) is 0 Å². The maximum Gasteiger partial charge on any atom is 0.259 e. The van der Waals surface area contributed by atoms with E-state index >= 15 is 0 Å². The van der Waals surface area contributed by atoms with E-state index in [9.17, 15) is 4.79 Å². The first-order valence-corrected chi connectivity index (χ1v) is 6.97. The molecule has 1 aliphatic heterocycles. The van der Waals surface area contributed by atoms with Crippen LogP contribution in [0.2, 0.25) is 0 Å². The molecule has 1 amide bonds. The van der Waals surface area contributed by atoms with E-state index in [4.69, 9.17) is 4.52 Å². The Morgan fingerprint density at radius 3 is 2.80 bits per heavy atom. The number of carbonyl (C=O) groups is 1. The molecule has 0 radical (unpaired) electrons. The average molecular weight is 302 g/mol. The van der Waals surface area contributed by atoms with Gasteiger partial charge in [-0.05, 0) is 26.8 Å². The molecule has 114 valence electrons. The van der Waals surface area contributed by atoms with Gasteiger partial charge in [0.15, 0.2) is 5.76 Å². The number of likely N-dealkylation sites (tertiary alicyclic amines) is 1. The Balaban J connectivity index is 0.00000200. The number of halogens is 1. The van der Waals surface area contributed by atoms with Crippen molar-refractivity contribution in [3.63, 3.8) is 0 Å². The van der Waals surface area contributed by atoms with Crippen LogP contribution in [0, 0.1) is 6.92 Å². The Hall–Kier alpha value is -1.07. The predicted molar refractivity (Wildman–Crippen MR) is 80.6 cm³/mol. The molecule has 2 heterocycles. The van der Waals surface area contributed by atoms with Crippen LogP contribution >= 0.6 is 12.4 Å². The van der Waals surface area contributed by atoms with Crippen LogP contribution in [0.4, 0.5) is 0 Å². The highest BCUT2D eigenvalue weighted by Gasteiger charge is 2.29. The summed E-state index contributed by atoms with van der Waals surface area (Å²) in [7, 11) is 1.95. The number of nitrogens with one attached hydrogen (secondary N) is 1. The first-order valence-electron chi connectivity index (χ1n) is 6.97. The van der Waals surface area contributed by atoms with E-state index in [1.165, 1.54) is 0 Å². The van der Waals surface area contributed by atoms with Crippen molar-refractivity contribution in [3.05, 3.63) is 17.0 Å². The molecule has 0 bridgehead atoms. The van der Waals surface area contributed by atoms with Gasteiger partial charge in [0, 0.05) is 25.0 Å². The molecule has 5 nitrogen and oxygen atoms in total. The van der Waals surface area contributed by atoms with E-state index < -0.39 is 0 Å². The zero-order chi connectivity index (χ0) is 14.0. The minimum absolute atomic E-state index is 0. The van der Waals surface area contributed by atoms with Crippen molar-refractivity contribution in [2.24, 2.45) is 0 Å². The third-order valence-corrected chi connectivity index (χ3v) is 3.74. The highest BCUT2D eigenvalue weighted by Crippen LogP contribution is 2.24. The minimum Gasteiger partial charge on any atom is -0.360 e. The van der Waals surface area contributed by atoms with Crippen molar-refractivity contribution < 1.29 is 9.32 Å². The number of nitrogens with zero attached hydrogens (tertiary/aromatic N) is 2. The van der Waals surface area contributed by atoms with E-state index in [-0.39, 0.29) is 24.2 Å². The quantitative estimate of drug-likeness (QED) is 0.931. The second-order valence-electron chi connectivity index (χ2n) is 5.54. The van der Waals surface area contributed by atoms with Crippen LogP contribution in [-0.4, -0.2) is 42.1 Å². The molecule has 20 heavy (non-hydrogen) atoms. The van der Waals surface area contributed by atoms with Gasteiger partial charge in [0.05, 0.1) is 5.69 Å². The van der Waals surface area contributed by atoms with Gasteiger partial charge in [-0.2, -0.15) is 0 Å². The van der Waals surface area contributed by atoms with Crippen LogP contribution < -0.4 is 5.32 Å². The van der Waals surface area contributed by atoms with Crippen molar-refractivity contribution in [2.75, 3.05) is 20.1 Å². The second kappa shape index (κ2) is 7.09. The number of piperidine rings is 1. The van der Waals surface area contributed by atoms with Gasteiger partial charge in [-0.1, -0.05) is 19.0 Å². The van der Waals surface area contributed by atoms with E-state index in [0.29, 0.717) is 23.1 Å². The topological polar surface area (TPSA) is 58.4 Å². The summed E-state index contributed by atoms with van der Waals surface area (Å²) in [6.07, 6.45) is 2.17. The molecule has 1 aromatic heterocycles. The number of aryl methyl sites for hydroxylation is 1. The molecule has 0 aromatic carbocycles. The summed E-state index contributed by atoms with van der Waals surface area (Å²) in [4.78, 5) is 14.6. The molecule has 1 N–H and O–H groups in total. The lowest BCUT2D eigenvalue weighted by Gasteiger charge is -2.32. The van der Waals surface area contributed by atoms with Crippen LogP contribution in [0.5, 0.6) is 0 Å². The Kier molecular flexibility index (Phi) is 6.02. The molecule has 0 saturated carbocycles. The molecule has 1 aliphatic rings. The number of carbonyl (C=O) groups excluding carboxylic acids is 1. The SMILES string of the molecule is CNC1CCCN(C(=O)c2c(C)noc2C(C)C)C1.Cl. The molecule has 1 atom stereocenters. The van der Waals surface area contributed by atoms with Crippen LogP contribution in [-0.2, 0) is 0 Å². The lowest BCUT2D eigenvalue weighted by atomic mass is 10.0. The predicted octanol–water partition coefficient (Wildman–Crippen LogP) is 2.35. The molecule has 1 aromatic rings. The van der Waals surface area contributed by atoms with Crippen LogP contribution in [0.1, 0.15) is 54.4 Å². The molecule has 2 rings (SSSR count). The van der Waals surface area contributed by atoms with Gasteiger partial charge in [-0.3, -0.25) is 4.79 Å². The van der Waals surface area contributed by atoms with Gasteiger partial charge >= 0.3 is 0 Å². The normalized spacial score (nSPS) is 19.1. The maximum absolute atomic E-state index is 12.7. The number of hydrogen-bond acceptors (Lipinski definition) is 4. The van der Waals surface area contributed by atoms with E-state index in [0.717, 1.165) is 25.9 Å². The summed E-state index contributed by atoms with van der Waals surface area (Å²) in [6, 6.07) is 0.389. The molecular formula is C14H24ClN3O2. The van der Waals surface area contributed by atoms with Crippen LogP contribution in [0.25, 0.3) is 0 Å². The first kappa shape index (κ1) is 17.0. The number of likely N-dealkylation sites (N-methyl/N-ethyl adjacent to an activating group) is 1. The lowest BCUT2D eigenvalue weighted by molar-refractivity contribution is 0.0694. The Morgan fingerprint density at radius 1 is 1.50 bits per heavy atom. The summed E-state index contributed by atoms with van der Waals surface area (Å²) < 4.78 is 5.31. The fourth-order valence-corrected chi connectivity index (χ4v) is 2.60. The number of hydrogen-bond donors (Lipinski definition) is 1. The zero-order valence-electron chi connectivity index (χ0n) is 12.6. The highest BCUT2D eigenvalue weighted by molar-refractivity contribution is 5.96. The molecular weight excluding hydrogens is 278 g/mol. The fourth-order valence-electron chi connectivity index (χ4n) is 2.60. The Morgan fingerprint density at radius 2 is 2.20 bits per heavy atom. The van der Waals surface area contributed by atoms with Crippen molar-refractivity contribution in [1.29, 1.82) is 0 Å². The Labute approximate surface area is 126 Å². The van der Waals surface area contributed by atoms with Crippen molar-refractivity contribution in [1.82, 2.24) is 15.4 Å². The third-order valence-electron chi connectivity index (χ3n) is 3.74. The molecule has 1 fully saturated rings. The standard InChI is InChI=1S/C14H23N3O2.ClH/c1-9(2)13-12(10(3)16-19-13)14(18)17-7-5-6-11(8-17)15-4;/h9,11,15H,5-8H2,1-4H3;1H. The molecule has 0 aliphatic carbocycles. The number of aromatic nitrogens is 1. The van der Waals surface area contributed by atoms with Gasteiger partial charge in [0.2, 0.25) is 0 Å². The van der Waals surface area contributed by atoms with E-state index in [1.807, 2.05) is 32.7 Å². The van der Waals surface area contributed by atoms with Crippen molar-refractivity contribution >= 4 is 18.3 Å². The van der Waals surface area contributed by atoms with E-state index in [2.05, 4.69) is 10.5 Å². The van der Waals surface area contributed by atoms with Crippen molar-refractivity contribution in [3.8, 4) is 0 Å². The third kappa shape index (κ3) is 3.33. The smallest absolute Gasteiger partial charge is 0.259 e. The largest absolute Gasteiger partial charge is 0.360 e. The summed E-state index contributed by atoms with van der Waals surface area (Å²) in [5, 5.41) is 7.21. The van der Waals surface area contributed by atoms with Crippen LogP contribution in [0.3, 0.4) is 0 Å². The van der Waals surface area contributed by atoms with Crippen LogP contribution in [0.15, 0.2) is 4.52 Å². The molecule has 0 spiro atoms. The summed E-state index contributed by atoms with van der Waals surface area (Å²) in [6.45, 7) is 7.45. The summed E-state index contributed by atoms with van der Waals surface area (Å²) in [5.41, 5.74) is 1.35. The highest BCUT2D eigenvalue weighted by atomic mass is 35.5. The zero-order valence-corrected chi connectivity index (χ0v) is 13.4. The van der Waals surface area contributed by atoms with Gasteiger partial charge in [0.25, 0.3) is 5.91 Å². The van der Waals surface area contributed by atoms with E-state index in [1.54, 1.807) is 0 Å². The second-order valence-corrected chi connectivity index (χ2v) is 5.54. The molecule has 1 saturated heterocycles. The lowest BCUT2D eigenvalue weighted by Crippen LogP contribution is -2.47. The maximum atomic E-state index is 12.7. The Bertz CT molecular complexity index is 459. The minimum atomic E-state index is 0. The van der Waals surface area contributed by atoms with Crippen molar-refractivity contribution in [2.45, 2.75) is 45.6 Å². The van der Waals surface area contributed by atoms with Gasteiger partial charge in [0.1, 0.15) is 5.56 Å². The van der Waals surface area contributed by atoms with Gasteiger partial charge in [-0.15, -0.1) is 12.4 Å². The fraction of sp³-hybridized carbons (Fsp3) is 0.714. The van der Waals surface area contributed by atoms with Gasteiger partial charge < -0.3 is 14.7 Å². The monoisotopic (exact) mass is 301 g/mol. The first-order chi connectivity index (χ1) is 9.04. The summed E-state index contributed by atoms with van der Waals surface area (Å²) in [5.74, 6) is 0.932. The molecule has 1 unspecified atom stereocenters. The summed E-state index contributed by atoms with van der Waals surface area (Å²) >= 11 is 0. The average Bonchev–Trinajstić information content (AvgIpc) is 2.80. The number of amides is 1. The number of rotatable bonds is 3.